The van der Waals surface area contributed by atoms with Crippen molar-refractivity contribution in [3.63, 3.8) is 0 Å². The maximum Gasteiger partial charge on any atom is 0.194 e. The molecule has 0 spiro atoms. The molecule has 1 unspecified atom stereocenters. The summed E-state index contributed by atoms with van der Waals surface area (Å²) in [6, 6.07) is 9.89. The average molecular weight is 342 g/mol. The highest BCUT2D eigenvalue weighted by molar-refractivity contribution is 5.80. The fraction of sp³-hybridized carbons (Fsp3) is 0.600. The molecular weight excluding hydrogens is 310 g/mol. The largest absolute Gasteiger partial charge is 0.357 e. The zero-order valence-electron chi connectivity index (χ0n) is 15.8. The van der Waals surface area contributed by atoms with Crippen molar-refractivity contribution in [1.82, 2.24) is 15.1 Å². The van der Waals surface area contributed by atoms with Crippen molar-refractivity contribution in [1.29, 1.82) is 5.26 Å². The molecule has 0 amide bonds. The van der Waals surface area contributed by atoms with E-state index in [0.29, 0.717) is 18.0 Å². The van der Waals surface area contributed by atoms with E-state index in [9.17, 15) is 0 Å². The third-order valence-electron chi connectivity index (χ3n) is 4.80. The number of rotatable bonds is 7. The lowest BCUT2D eigenvalue weighted by atomic mass is 10.1. The van der Waals surface area contributed by atoms with Gasteiger partial charge in [-0.25, -0.2) is 4.99 Å². The van der Waals surface area contributed by atoms with Crippen molar-refractivity contribution in [3.05, 3.63) is 35.4 Å². The van der Waals surface area contributed by atoms with Crippen LogP contribution in [-0.4, -0.2) is 55.0 Å². The quantitative estimate of drug-likeness (QED) is 0.612. The van der Waals surface area contributed by atoms with Crippen molar-refractivity contribution in [2.45, 2.75) is 33.7 Å². The Balaban J connectivity index is 1.99. The van der Waals surface area contributed by atoms with Crippen LogP contribution in [-0.2, 0) is 6.54 Å². The van der Waals surface area contributed by atoms with Crippen LogP contribution >= 0.6 is 0 Å². The van der Waals surface area contributed by atoms with Crippen molar-refractivity contribution in [3.8, 4) is 6.07 Å². The van der Waals surface area contributed by atoms with Crippen molar-refractivity contribution < 1.29 is 0 Å². The lowest BCUT2D eigenvalue weighted by Gasteiger charge is -2.24. The number of likely N-dealkylation sites (tertiary alicyclic amines) is 1. The van der Waals surface area contributed by atoms with Gasteiger partial charge in [0.2, 0.25) is 0 Å². The Labute approximate surface area is 152 Å². The number of aliphatic imine (C=N–C) groups is 1. The molecule has 0 aliphatic carbocycles. The molecule has 0 saturated carbocycles. The molecule has 1 heterocycles. The van der Waals surface area contributed by atoms with Crippen molar-refractivity contribution >= 4 is 5.96 Å². The SMILES string of the molecule is CCNC(=NCc1cccc(C#N)c1)N1CCC(CN(CC)CC)C1. The Morgan fingerprint density at radius 2 is 2.16 bits per heavy atom. The molecule has 25 heavy (non-hydrogen) atoms. The predicted octanol–water partition coefficient (Wildman–Crippen LogP) is 2.69. The van der Waals surface area contributed by atoms with Crippen LogP contribution in [0.3, 0.4) is 0 Å². The van der Waals surface area contributed by atoms with E-state index >= 15 is 0 Å². The van der Waals surface area contributed by atoms with E-state index in [1.165, 1.54) is 13.0 Å². The van der Waals surface area contributed by atoms with Crippen LogP contribution in [0.5, 0.6) is 0 Å². The van der Waals surface area contributed by atoms with Gasteiger partial charge in [0, 0.05) is 26.2 Å². The minimum absolute atomic E-state index is 0.606. The van der Waals surface area contributed by atoms with Crippen LogP contribution in [0.25, 0.3) is 0 Å². The summed E-state index contributed by atoms with van der Waals surface area (Å²) in [6.07, 6.45) is 1.23. The van der Waals surface area contributed by atoms with Gasteiger partial charge in [0.15, 0.2) is 5.96 Å². The van der Waals surface area contributed by atoms with Gasteiger partial charge in [-0.1, -0.05) is 26.0 Å². The van der Waals surface area contributed by atoms with Gasteiger partial charge in [-0.05, 0) is 50.0 Å². The number of benzene rings is 1. The highest BCUT2D eigenvalue weighted by atomic mass is 15.3. The standard InChI is InChI=1S/C20H31N5/c1-4-22-20(23-14-18-9-7-8-17(12-18)13-21)25-11-10-19(16-25)15-24(5-2)6-3/h7-9,12,19H,4-6,10-11,14-16H2,1-3H3,(H,22,23). The number of nitrogens with one attached hydrogen (secondary N) is 1. The Morgan fingerprint density at radius 3 is 2.84 bits per heavy atom. The number of nitrogens with zero attached hydrogens (tertiary/aromatic N) is 4. The molecule has 1 aliphatic heterocycles. The van der Waals surface area contributed by atoms with Crippen molar-refractivity contribution in [2.24, 2.45) is 10.9 Å². The molecule has 1 fully saturated rings. The van der Waals surface area contributed by atoms with E-state index in [2.05, 4.69) is 42.0 Å². The Morgan fingerprint density at radius 1 is 1.36 bits per heavy atom. The Bertz CT molecular complexity index is 600. The number of guanidine groups is 1. The van der Waals surface area contributed by atoms with Gasteiger partial charge in [0.05, 0.1) is 18.2 Å². The molecule has 136 valence electrons. The monoisotopic (exact) mass is 341 g/mol. The Kier molecular flexibility index (Phi) is 7.75. The van der Waals surface area contributed by atoms with Crippen LogP contribution in [0.1, 0.15) is 38.3 Å². The van der Waals surface area contributed by atoms with Crippen LogP contribution in [0.4, 0.5) is 0 Å². The molecule has 0 bridgehead atoms. The van der Waals surface area contributed by atoms with E-state index in [1.807, 2.05) is 24.3 Å². The van der Waals surface area contributed by atoms with E-state index in [1.54, 1.807) is 0 Å². The number of hydrogen-bond donors (Lipinski definition) is 1. The van der Waals surface area contributed by atoms with E-state index < -0.39 is 0 Å². The van der Waals surface area contributed by atoms with Crippen molar-refractivity contribution in [2.75, 3.05) is 39.3 Å². The molecule has 5 nitrogen and oxygen atoms in total. The summed E-state index contributed by atoms with van der Waals surface area (Å²) in [7, 11) is 0. The Hall–Kier alpha value is -2.06. The third-order valence-corrected chi connectivity index (χ3v) is 4.80. The summed E-state index contributed by atoms with van der Waals surface area (Å²) in [5.74, 6) is 1.71. The van der Waals surface area contributed by atoms with Gasteiger partial charge in [0.1, 0.15) is 0 Å². The first kappa shape index (κ1) is 19.3. The summed E-state index contributed by atoms with van der Waals surface area (Å²) in [5, 5.41) is 12.5. The molecule has 2 rings (SSSR count). The highest BCUT2D eigenvalue weighted by Gasteiger charge is 2.25. The minimum atomic E-state index is 0.606. The van der Waals surface area contributed by atoms with Gasteiger partial charge in [0.25, 0.3) is 0 Å². The van der Waals surface area contributed by atoms with Crippen LogP contribution in [0.2, 0.25) is 0 Å². The first-order valence-electron chi connectivity index (χ1n) is 9.44. The van der Waals surface area contributed by atoms with Gasteiger partial charge in [-0.15, -0.1) is 0 Å². The topological polar surface area (TPSA) is 54.7 Å². The summed E-state index contributed by atoms with van der Waals surface area (Å²) >= 11 is 0. The fourth-order valence-corrected chi connectivity index (χ4v) is 3.35. The summed E-state index contributed by atoms with van der Waals surface area (Å²) in [6.45, 7) is 13.6. The maximum atomic E-state index is 9.03. The molecule has 0 radical (unpaired) electrons. The van der Waals surface area contributed by atoms with Crippen LogP contribution < -0.4 is 5.32 Å². The van der Waals surface area contributed by atoms with Crippen LogP contribution in [0.15, 0.2) is 29.3 Å². The van der Waals surface area contributed by atoms with Gasteiger partial charge >= 0.3 is 0 Å². The lowest BCUT2D eigenvalue weighted by molar-refractivity contribution is 0.255. The van der Waals surface area contributed by atoms with E-state index in [-0.39, 0.29) is 0 Å². The van der Waals surface area contributed by atoms with E-state index in [0.717, 1.165) is 44.2 Å². The van der Waals surface area contributed by atoms with Gasteiger partial charge < -0.3 is 15.1 Å². The summed E-state index contributed by atoms with van der Waals surface area (Å²) in [4.78, 5) is 9.69. The second-order valence-electron chi connectivity index (χ2n) is 6.57. The second kappa shape index (κ2) is 10.0. The number of nitriles is 1. The second-order valence-corrected chi connectivity index (χ2v) is 6.57. The van der Waals surface area contributed by atoms with Gasteiger partial charge in [-0.3, -0.25) is 0 Å². The summed E-state index contributed by atoms with van der Waals surface area (Å²) < 4.78 is 0. The molecule has 1 N–H and O–H groups in total. The molecule has 0 aromatic heterocycles. The molecular formula is C20H31N5. The maximum absolute atomic E-state index is 9.03. The minimum Gasteiger partial charge on any atom is -0.357 e. The summed E-state index contributed by atoms with van der Waals surface area (Å²) in [5.41, 5.74) is 1.77. The zero-order chi connectivity index (χ0) is 18.1. The zero-order valence-corrected chi connectivity index (χ0v) is 15.8. The van der Waals surface area contributed by atoms with E-state index in [4.69, 9.17) is 10.3 Å². The molecule has 1 aliphatic rings. The van der Waals surface area contributed by atoms with Crippen LogP contribution in [0, 0.1) is 17.2 Å². The first-order chi connectivity index (χ1) is 12.2. The van der Waals surface area contributed by atoms with Gasteiger partial charge in [-0.2, -0.15) is 5.26 Å². The average Bonchev–Trinajstić information content (AvgIpc) is 3.11. The molecule has 1 aromatic carbocycles. The number of hydrogen-bond acceptors (Lipinski definition) is 3. The lowest BCUT2D eigenvalue weighted by Crippen LogP contribution is -2.40. The predicted molar refractivity (Wildman–Crippen MR) is 103 cm³/mol. The third kappa shape index (κ3) is 5.75. The fourth-order valence-electron chi connectivity index (χ4n) is 3.35. The smallest absolute Gasteiger partial charge is 0.194 e. The normalized spacial score (nSPS) is 17.8. The molecule has 5 heteroatoms. The molecule has 1 aromatic rings. The molecule has 1 atom stereocenters. The highest BCUT2D eigenvalue weighted by Crippen LogP contribution is 2.18. The molecule has 1 saturated heterocycles. The first-order valence-corrected chi connectivity index (χ1v) is 9.44.